The number of anilines is 1. The fourth-order valence-electron chi connectivity index (χ4n) is 2.98. The van der Waals surface area contributed by atoms with E-state index in [0.29, 0.717) is 22.7 Å². The second-order valence-electron chi connectivity index (χ2n) is 8.15. The number of amides is 1. The largest absolute Gasteiger partial charge is 0.387 e. The maximum absolute atomic E-state index is 14.0. The monoisotopic (exact) mass is 424 g/mol. The lowest BCUT2D eigenvalue weighted by Crippen LogP contribution is -2.42. The molecule has 9 heteroatoms. The number of aromatic nitrogens is 3. The lowest BCUT2D eigenvalue weighted by molar-refractivity contribution is -0.00177. The Morgan fingerprint density at radius 3 is 2.71 bits per heavy atom. The molecule has 3 N–H and O–H groups in total. The number of aliphatic hydroxyl groups is 1. The molecule has 0 aromatic carbocycles. The summed E-state index contributed by atoms with van der Waals surface area (Å²) in [7, 11) is 0. The minimum Gasteiger partial charge on any atom is -0.387 e. The fraction of sp³-hybridized carbons (Fsp3) is 0.364. The molecule has 0 spiro atoms. The van der Waals surface area contributed by atoms with E-state index in [1.54, 1.807) is 22.9 Å². The van der Waals surface area contributed by atoms with Crippen molar-refractivity contribution in [1.29, 1.82) is 5.26 Å². The number of pyridine rings is 2. The van der Waals surface area contributed by atoms with Crippen LogP contribution >= 0.6 is 0 Å². The predicted molar refractivity (Wildman–Crippen MR) is 116 cm³/mol. The van der Waals surface area contributed by atoms with Gasteiger partial charge in [0.15, 0.2) is 0 Å². The van der Waals surface area contributed by atoms with Crippen molar-refractivity contribution in [3.05, 3.63) is 47.9 Å². The molecule has 0 bridgehead atoms. The Hall–Kier alpha value is -3.51. The van der Waals surface area contributed by atoms with Crippen molar-refractivity contribution in [2.45, 2.75) is 45.5 Å². The number of nitrogens with zero attached hydrogens (tertiary/aromatic N) is 4. The van der Waals surface area contributed by atoms with Crippen molar-refractivity contribution in [1.82, 2.24) is 19.9 Å². The number of hydrogen-bond donors (Lipinski definition) is 3. The molecule has 0 aliphatic carbocycles. The molecule has 0 saturated heterocycles. The Kier molecular flexibility index (Phi) is 6.22. The smallest absolute Gasteiger partial charge is 0.255 e. The minimum absolute atomic E-state index is 0.0322. The van der Waals surface area contributed by atoms with Crippen molar-refractivity contribution < 1.29 is 14.3 Å². The molecule has 8 nitrogen and oxygen atoms in total. The number of nitriles is 1. The Morgan fingerprint density at radius 1 is 1.32 bits per heavy atom. The molecule has 0 radical (unpaired) electrons. The molecule has 3 aromatic heterocycles. The van der Waals surface area contributed by atoms with Crippen LogP contribution in [0.15, 0.2) is 36.8 Å². The summed E-state index contributed by atoms with van der Waals surface area (Å²) in [6.07, 6.45) is 3.09. The Bertz CT molecular complexity index is 1140. The standard InChI is InChI=1S/C22H25FN6O2/c1-13(2)28-17-8-19(29-6-5-15-7-14(9-24)10-26-20(15)29)25-11-16(17)21(30)27-12-18(23)22(3,4)31/h5-8,10-11,13,18,31H,12H2,1-4H3,(H,25,28)(H,27,30). The van der Waals surface area contributed by atoms with E-state index in [1.165, 1.54) is 26.2 Å². The molecule has 162 valence electrons. The van der Waals surface area contributed by atoms with Gasteiger partial charge in [0.05, 0.1) is 29.0 Å². The van der Waals surface area contributed by atoms with Gasteiger partial charge in [0.25, 0.3) is 5.91 Å². The first-order chi connectivity index (χ1) is 14.6. The van der Waals surface area contributed by atoms with Gasteiger partial charge in [0.1, 0.15) is 23.7 Å². The average Bonchev–Trinajstić information content (AvgIpc) is 3.13. The molecule has 3 rings (SSSR count). The highest BCUT2D eigenvalue weighted by Crippen LogP contribution is 2.23. The number of alkyl halides is 1. The van der Waals surface area contributed by atoms with Crippen LogP contribution in [-0.2, 0) is 0 Å². The van der Waals surface area contributed by atoms with Crippen LogP contribution in [0.3, 0.4) is 0 Å². The Morgan fingerprint density at radius 2 is 2.06 bits per heavy atom. The summed E-state index contributed by atoms with van der Waals surface area (Å²) >= 11 is 0. The van der Waals surface area contributed by atoms with Crippen LogP contribution in [0.5, 0.6) is 0 Å². The van der Waals surface area contributed by atoms with Gasteiger partial charge in [0.2, 0.25) is 0 Å². The highest BCUT2D eigenvalue weighted by Gasteiger charge is 2.27. The van der Waals surface area contributed by atoms with Crippen molar-refractivity contribution in [2.75, 3.05) is 11.9 Å². The molecular weight excluding hydrogens is 399 g/mol. The van der Waals surface area contributed by atoms with E-state index in [0.717, 1.165) is 5.39 Å². The third-order valence-corrected chi connectivity index (χ3v) is 4.69. The molecule has 3 aromatic rings. The summed E-state index contributed by atoms with van der Waals surface area (Å²) in [4.78, 5) is 21.4. The molecule has 1 amide bonds. The van der Waals surface area contributed by atoms with Crippen LogP contribution in [-0.4, -0.2) is 49.9 Å². The lowest BCUT2D eigenvalue weighted by Gasteiger charge is -2.23. The number of rotatable bonds is 7. The zero-order valence-corrected chi connectivity index (χ0v) is 17.8. The summed E-state index contributed by atoms with van der Waals surface area (Å²) in [5.74, 6) is 0.0371. The van der Waals surface area contributed by atoms with Crippen molar-refractivity contribution in [3.63, 3.8) is 0 Å². The number of hydrogen-bond acceptors (Lipinski definition) is 6. The van der Waals surface area contributed by atoms with Crippen LogP contribution in [0.1, 0.15) is 43.6 Å². The van der Waals surface area contributed by atoms with Crippen molar-refractivity contribution in [2.24, 2.45) is 0 Å². The van der Waals surface area contributed by atoms with Crippen LogP contribution in [0.2, 0.25) is 0 Å². The molecule has 3 heterocycles. The third-order valence-electron chi connectivity index (χ3n) is 4.69. The number of fused-ring (bicyclic) bond motifs is 1. The third kappa shape index (κ3) is 4.98. The van der Waals surface area contributed by atoms with Crippen molar-refractivity contribution >= 4 is 22.6 Å². The van der Waals surface area contributed by atoms with Gasteiger partial charge in [-0.15, -0.1) is 0 Å². The SMILES string of the molecule is CC(C)Nc1cc(-n2ccc3cc(C#N)cnc32)ncc1C(=O)NCC(F)C(C)(C)O. The van der Waals surface area contributed by atoms with Gasteiger partial charge in [-0.1, -0.05) is 0 Å². The maximum atomic E-state index is 14.0. The second-order valence-corrected chi connectivity index (χ2v) is 8.15. The van der Waals surface area contributed by atoms with Gasteiger partial charge in [-0.25, -0.2) is 14.4 Å². The van der Waals surface area contributed by atoms with E-state index in [1.807, 2.05) is 19.9 Å². The highest BCUT2D eigenvalue weighted by molar-refractivity contribution is 5.99. The average molecular weight is 424 g/mol. The van der Waals surface area contributed by atoms with E-state index >= 15 is 0 Å². The summed E-state index contributed by atoms with van der Waals surface area (Å²) < 4.78 is 15.8. The van der Waals surface area contributed by atoms with Gasteiger partial charge < -0.3 is 15.7 Å². The summed E-state index contributed by atoms with van der Waals surface area (Å²) in [6, 6.07) is 7.39. The number of halogens is 1. The van der Waals surface area contributed by atoms with Gasteiger partial charge in [-0.05, 0) is 39.8 Å². The van der Waals surface area contributed by atoms with Gasteiger partial charge in [0, 0.05) is 36.1 Å². The van der Waals surface area contributed by atoms with Gasteiger partial charge >= 0.3 is 0 Å². The molecule has 0 fully saturated rings. The summed E-state index contributed by atoms with van der Waals surface area (Å²) in [5.41, 5.74) is 0.333. The van der Waals surface area contributed by atoms with Crippen LogP contribution < -0.4 is 10.6 Å². The number of carbonyl (C=O) groups is 1. The molecule has 1 atom stereocenters. The molecule has 0 saturated carbocycles. The quantitative estimate of drug-likeness (QED) is 0.537. The first-order valence-corrected chi connectivity index (χ1v) is 9.89. The number of nitrogens with one attached hydrogen (secondary N) is 2. The van der Waals surface area contributed by atoms with E-state index in [2.05, 4.69) is 26.7 Å². The zero-order chi connectivity index (χ0) is 22.8. The number of carbonyl (C=O) groups excluding carboxylic acids is 1. The van der Waals surface area contributed by atoms with Crippen LogP contribution in [0.25, 0.3) is 16.9 Å². The van der Waals surface area contributed by atoms with Gasteiger partial charge in [-0.3, -0.25) is 9.36 Å². The lowest BCUT2D eigenvalue weighted by atomic mass is 10.0. The minimum atomic E-state index is -1.61. The van der Waals surface area contributed by atoms with Crippen LogP contribution in [0, 0.1) is 11.3 Å². The van der Waals surface area contributed by atoms with E-state index in [-0.39, 0.29) is 18.2 Å². The predicted octanol–water partition coefficient (Wildman–Crippen LogP) is 2.95. The summed E-state index contributed by atoms with van der Waals surface area (Å²) in [6.45, 7) is 6.24. The Balaban J connectivity index is 1.93. The molecule has 1 unspecified atom stereocenters. The summed E-state index contributed by atoms with van der Waals surface area (Å²) in [5, 5.41) is 25.3. The molecular formula is C22H25FN6O2. The second kappa shape index (κ2) is 8.70. The maximum Gasteiger partial charge on any atom is 0.255 e. The fourth-order valence-corrected chi connectivity index (χ4v) is 2.98. The molecule has 0 aliphatic rings. The van der Waals surface area contributed by atoms with E-state index in [4.69, 9.17) is 5.26 Å². The first-order valence-electron chi connectivity index (χ1n) is 9.89. The normalized spacial score (nSPS) is 12.6. The zero-order valence-electron chi connectivity index (χ0n) is 17.8. The molecule has 0 aliphatic heterocycles. The topological polar surface area (TPSA) is 116 Å². The molecule has 31 heavy (non-hydrogen) atoms. The highest BCUT2D eigenvalue weighted by atomic mass is 19.1. The first kappa shape index (κ1) is 22.2. The van der Waals surface area contributed by atoms with Crippen molar-refractivity contribution in [3.8, 4) is 11.9 Å². The van der Waals surface area contributed by atoms with E-state index < -0.39 is 17.7 Å². The van der Waals surface area contributed by atoms with Crippen LogP contribution in [0.4, 0.5) is 10.1 Å². The Labute approximate surface area is 179 Å². The van der Waals surface area contributed by atoms with Gasteiger partial charge in [-0.2, -0.15) is 5.26 Å². The van der Waals surface area contributed by atoms with E-state index in [9.17, 15) is 14.3 Å².